The number of likely N-dealkylation sites (N-methyl/N-ethyl adjacent to an activating group) is 1. The Morgan fingerprint density at radius 1 is 1.41 bits per heavy atom. The van der Waals surface area contributed by atoms with E-state index in [1.54, 1.807) is 7.05 Å². The van der Waals surface area contributed by atoms with Crippen LogP contribution in [-0.4, -0.2) is 62.8 Å². The minimum Gasteiger partial charge on any atom is -0.467 e. The molecule has 0 N–H and O–H groups in total. The predicted molar refractivity (Wildman–Crippen MR) is 82.2 cm³/mol. The van der Waals surface area contributed by atoms with Gasteiger partial charge in [-0.1, -0.05) is 20.4 Å². The molecule has 7 nitrogen and oxygen atoms in total. The van der Waals surface area contributed by atoms with Crippen molar-refractivity contribution in [1.29, 1.82) is 0 Å². The van der Waals surface area contributed by atoms with Crippen LogP contribution in [0.3, 0.4) is 0 Å². The molecule has 1 aliphatic rings. The van der Waals surface area contributed by atoms with E-state index in [1.807, 2.05) is 13.8 Å². The van der Waals surface area contributed by atoms with Gasteiger partial charge in [0.05, 0.1) is 13.0 Å². The molecule has 1 rings (SSSR count). The minimum absolute atomic E-state index is 0.101. The lowest BCUT2D eigenvalue weighted by Crippen LogP contribution is -2.48. The molecule has 0 aromatic rings. The van der Waals surface area contributed by atoms with Crippen LogP contribution in [0.15, 0.2) is 12.0 Å². The average Bonchev–Trinajstić information content (AvgIpc) is 2.96. The van der Waals surface area contributed by atoms with Gasteiger partial charge in [0.25, 0.3) is 0 Å². The van der Waals surface area contributed by atoms with Crippen molar-refractivity contribution in [2.45, 2.75) is 26.3 Å². The maximum atomic E-state index is 12.5. The van der Waals surface area contributed by atoms with Crippen LogP contribution in [-0.2, 0) is 24.3 Å². The molecule has 8 heteroatoms. The molecule has 2 atom stereocenters. The van der Waals surface area contributed by atoms with Gasteiger partial charge in [-0.3, -0.25) is 4.79 Å². The monoisotopic (exact) mass is 332 g/mol. The van der Waals surface area contributed by atoms with Gasteiger partial charge in [-0.05, 0) is 12.3 Å². The summed E-state index contributed by atoms with van der Waals surface area (Å²) in [6, 6.07) is -0.678. The van der Waals surface area contributed by atoms with Crippen LogP contribution in [0.5, 0.6) is 0 Å². The lowest BCUT2D eigenvalue weighted by atomic mass is 10.00. The Balaban J connectivity index is 2.84. The second kappa shape index (κ2) is 7.23. The maximum absolute atomic E-state index is 12.5. The number of ether oxygens (including phenoxy) is 1. The molecule has 126 valence electrons. The third kappa shape index (κ3) is 3.86. The topological polar surface area (TPSA) is 84.0 Å². The van der Waals surface area contributed by atoms with E-state index in [-0.39, 0.29) is 24.9 Å². The summed E-state index contributed by atoms with van der Waals surface area (Å²) in [5, 5.41) is 0.884. The van der Waals surface area contributed by atoms with Crippen LogP contribution in [0.2, 0.25) is 0 Å². The highest BCUT2D eigenvalue weighted by Gasteiger charge is 2.39. The van der Waals surface area contributed by atoms with Gasteiger partial charge in [-0.15, -0.1) is 0 Å². The Morgan fingerprint density at radius 3 is 2.45 bits per heavy atom. The number of methoxy groups -OCH3 is 1. The van der Waals surface area contributed by atoms with E-state index in [2.05, 4.69) is 6.58 Å². The van der Waals surface area contributed by atoms with Gasteiger partial charge in [-0.2, -0.15) is 4.31 Å². The van der Waals surface area contributed by atoms with Crippen molar-refractivity contribution in [3.63, 3.8) is 0 Å². The Labute approximate surface area is 132 Å². The zero-order valence-electron chi connectivity index (χ0n) is 13.5. The summed E-state index contributed by atoms with van der Waals surface area (Å²) in [7, 11) is -0.681. The first kappa shape index (κ1) is 18.6. The molecule has 1 amide bonds. The summed E-state index contributed by atoms with van der Waals surface area (Å²) in [5.41, 5.74) is 0. The number of hydrogen-bond donors (Lipinski definition) is 0. The quantitative estimate of drug-likeness (QED) is 0.659. The van der Waals surface area contributed by atoms with Crippen LogP contribution < -0.4 is 0 Å². The summed E-state index contributed by atoms with van der Waals surface area (Å²) in [5.74, 6) is -1.27. The highest BCUT2D eigenvalue weighted by Crippen LogP contribution is 2.23. The SMILES string of the molecule is C=CS(=O)(=O)N1CC[C@H](C(=O)N(C)[C@H](C(=O)OC)C(C)C)C1. The van der Waals surface area contributed by atoms with E-state index in [0.29, 0.717) is 6.42 Å². The Kier molecular flexibility index (Phi) is 6.13. The van der Waals surface area contributed by atoms with E-state index < -0.39 is 28.0 Å². The van der Waals surface area contributed by atoms with E-state index in [0.717, 1.165) is 5.41 Å². The number of carbonyl (C=O) groups is 2. The number of carbonyl (C=O) groups excluding carboxylic acids is 2. The fourth-order valence-corrected chi connectivity index (χ4v) is 3.65. The van der Waals surface area contributed by atoms with Gasteiger partial charge in [0.1, 0.15) is 6.04 Å². The largest absolute Gasteiger partial charge is 0.467 e. The van der Waals surface area contributed by atoms with Crippen molar-refractivity contribution < 1.29 is 22.7 Å². The van der Waals surface area contributed by atoms with E-state index >= 15 is 0 Å². The zero-order chi connectivity index (χ0) is 17.1. The number of hydrogen-bond acceptors (Lipinski definition) is 5. The fraction of sp³-hybridized carbons (Fsp3) is 0.714. The molecular weight excluding hydrogens is 308 g/mol. The zero-order valence-corrected chi connectivity index (χ0v) is 14.3. The molecule has 1 saturated heterocycles. The van der Waals surface area contributed by atoms with Crippen molar-refractivity contribution in [2.24, 2.45) is 11.8 Å². The number of rotatable bonds is 6. The van der Waals surface area contributed by atoms with Gasteiger partial charge in [0.2, 0.25) is 15.9 Å². The molecule has 0 bridgehead atoms. The number of esters is 1. The fourth-order valence-electron chi connectivity index (χ4n) is 2.69. The molecule has 22 heavy (non-hydrogen) atoms. The average molecular weight is 332 g/mol. The van der Waals surface area contributed by atoms with Crippen LogP contribution in [0.25, 0.3) is 0 Å². The maximum Gasteiger partial charge on any atom is 0.328 e. The number of nitrogens with zero attached hydrogens (tertiary/aromatic N) is 2. The molecule has 0 unspecified atom stereocenters. The van der Waals surface area contributed by atoms with Crippen molar-refractivity contribution in [2.75, 3.05) is 27.2 Å². The van der Waals surface area contributed by atoms with E-state index in [1.165, 1.54) is 16.3 Å². The van der Waals surface area contributed by atoms with Crippen LogP contribution in [0, 0.1) is 11.8 Å². The van der Waals surface area contributed by atoms with E-state index in [9.17, 15) is 18.0 Å². The summed E-state index contributed by atoms with van der Waals surface area (Å²) >= 11 is 0. The van der Waals surface area contributed by atoms with Gasteiger partial charge < -0.3 is 9.64 Å². The van der Waals surface area contributed by atoms with Gasteiger partial charge in [-0.25, -0.2) is 13.2 Å². The molecule has 0 aromatic carbocycles. The highest BCUT2D eigenvalue weighted by molar-refractivity contribution is 7.92. The van der Waals surface area contributed by atoms with Crippen molar-refractivity contribution in [3.8, 4) is 0 Å². The van der Waals surface area contributed by atoms with Gasteiger partial charge in [0.15, 0.2) is 0 Å². The molecule has 1 fully saturated rings. The van der Waals surface area contributed by atoms with E-state index in [4.69, 9.17) is 4.74 Å². The van der Waals surface area contributed by atoms with Gasteiger partial charge >= 0.3 is 5.97 Å². The van der Waals surface area contributed by atoms with Crippen LogP contribution >= 0.6 is 0 Å². The Morgan fingerprint density at radius 2 is 2.00 bits per heavy atom. The molecule has 1 heterocycles. The lowest BCUT2D eigenvalue weighted by molar-refractivity contribution is -0.155. The first-order valence-electron chi connectivity index (χ1n) is 7.12. The predicted octanol–water partition coefficient (Wildman–Crippen LogP) is 0.438. The summed E-state index contributed by atoms with van der Waals surface area (Å²) in [6.45, 7) is 7.33. The van der Waals surface area contributed by atoms with Crippen molar-refractivity contribution >= 4 is 21.9 Å². The van der Waals surface area contributed by atoms with Crippen LogP contribution in [0.1, 0.15) is 20.3 Å². The molecule has 0 spiro atoms. The first-order chi connectivity index (χ1) is 10.2. The molecule has 0 radical (unpaired) electrons. The smallest absolute Gasteiger partial charge is 0.328 e. The minimum atomic E-state index is -3.51. The number of sulfonamides is 1. The van der Waals surface area contributed by atoms with Crippen LogP contribution in [0.4, 0.5) is 0 Å². The first-order valence-corrected chi connectivity index (χ1v) is 8.63. The summed E-state index contributed by atoms with van der Waals surface area (Å²) in [4.78, 5) is 25.8. The summed E-state index contributed by atoms with van der Waals surface area (Å²) in [6.07, 6.45) is 0.433. The standard InChI is InChI=1S/C14H24N2O5S/c1-6-22(19,20)16-8-7-11(9-16)13(17)15(4)12(10(2)3)14(18)21-5/h6,10-12H,1,7-9H2,2-5H3/t11-,12-/m0/s1. The van der Waals surface area contributed by atoms with Gasteiger partial charge in [0, 0.05) is 25.5 Å². The van der Waals surface area contributed by atoms with Crippen molar-refractivity contribution in [1.82, 2.24) is 9.21 Å². The second-order valence-electron chi connectivity index (χ2n) is 5.72. The molecule has 0 aromatic heterocycles. The summed E-state index contributed by atoms with van der Waals surface area (Å²) < 4.78 is 29.5. The second-order valence-corrected chi connectivity index (χ2v) is 7.60. The molecule has 0 saturated carbocycles. The Bertz CT molecular complexity index is 543. The number of amides is 1. The third-order valence-corrected chi connectivity index (χ3v) is 5.38. The molecule has 0 aliphatic carbocycles. The normalized spacial score (nSPS) is 20.7. The van der Waals surface area contributed by atoms with Crippen molar-refractivity contribution in [3.05, 3.63) is 12.0 Å². The highest BCUT2D eigenvalue weighted by atomic mass is 32.2. The molecule has 1 aliphatic heterocycles. The lowest BCUT2D eigenvalue weighted by Gasteiger charge is -2.30. The molecular formula is C14H24N2O5S. The Hall–Kier alpha value is -1.41. The third-order valence-electron chi connectivity index (χ3n) is 3.91.